The van der Waals surface area contributed by atoms with Gasteiger partial charge in [-0.25, -0.2) is 8.42 Å². The van der Waals surface area contributed by atoms with Crippen LogP contribution in [0.15, 0.2) is 85.3 Å². The standard InChI is InChI=1S/C25H24N6O2S2/c1-17-8-13-22(30(17)20-6-5-14-26-16-20)24-23(21-7-3-4-15-27-21)28-25(34)31(24)19-11-9-18(10-12-19)29-35(2,32)33/h3-16,23-24,29H,1-2H3,(H,28,34)/t23-,24-/m1/s1. The molecule has 0 bridgehead atoms. The lowest BCUT2D eigenvalue weighted by Crippen LogP contribution is -2.30. The number of aryl methyl sites for hydroxylation is 1. The van der Waals surface area contributed by atoms with Crippen molar-refractivity contribution in [3.63, 3.8) is 0 Å². The molecular weight excluding hydrogens is 480 g/mol. The number of nitrogens with one attached hydrogen (secondary N) is 2. The third kappa shape index (κ3) is 4.62. The fourth-order valence-corrected chi connectivity index (χ4v) is 5.38. The van der Waals surface area contributed by atoms with E-state index in [-0.39, 0.29) is 12.1 Å². The minimum Gasteiger partial charge on any atom is -0.351 e. The maximum absolute atomic E-state index is 11.6. The van der Waals surface area contributed by atoms with Gasteiger partial charge in [0.1, 0.15) is 6.04 Å². The fourth-order valence-electron chi connectivity index (χ4n) is 4.47. The van der Waals surface area contributed by atoms with Crippen LogP contribution >= 0.6 is 12.2 Å². The second-order valence-corrected chi connectivity index (χ2v) is 10.5. The van der Waals surface area contributed by atoms with Crippen molar-refractivity contribution in [1.29, 1.82) is 0 Å². The number of hydrogen-bond acceptors (Lipinski definition) is 5. The third-order valence-corrected chi connectivity index (χ3v) is 6.78. The molecule has 5 rings (SSSR count). The average Bonchev–Trinajstić information content (AvgIpc) is 3.39. The molecule has 8 nitrogen and oxygen atoms in total. The molecule has 0 unspecified atom stereocenters. The van der Waals surface area contributed by atoms with Crippen LogP contribution in [0.25, 0.3) is 5.69 Å². The smallest absolute Gasteiger partial charge is 0.229 e. The predicted octanol–water partition coefficient (Wildman–Crippen LogP) is 4.12. The summed E-state index contributed by atoms with van der Waals surface area (Å²) >= 11 is 5.82. The van der Waals surface area contributed by atoms with E-state index in [0.717, 1.165) is 34.7 Å². The highest BCUT2D eigenvalue weighted by Crippen LogP contribution is 2.42. The molecule has 35 heavy (non-hydrogen) atoms. The van der Waals surface area contributed by atoms with E-state index < -0.39 is 10.0 Å². The molecule has 2 atom stereocenters. The van der Waals surface area contributed by atoms with Crippen LogP contribution in [0.1, 0.15) is 29.2 Å². The van der Waals surface area contributed by atoms with Crippen molar-refractivity contribution in [2.75, 3.05) is 15.9 Å². The average molecular weight is 505 g/mol. The van der Waals surface area contributed by atoms with Crippen molar-refractivity contribution in [3.05, 3.63) is 102 Å². The Kier molecular flexibility index (Phi) is 6.00. The van der Waals surface area contributed by atoms with Crippen LogP contribution < -0.4 is 14.9 Å². The molecule has 0 spiro atoms. The van der Waals surface area contributed by atoms with Gasteiger partial charge in [0, 0.05) is 35.2 Å². The topological polar surface area (TPSA) is 92.2 Å². The van der Waals surface area contributed by atoms with E-state index in [9.17, 15) is 8.42 Å². The first-order valence-corrected chi connectivity index (χ1v) is 13.3. The van der Waals surface area contributed by atoms with Crippen LogP contribution in [0.2, 0.25) is 0 Å². The number of nitrogens with zero attached hydrogens (tertiary/aromatic N) is 4. The molecule has 3 aromatic heterocycles. The maximum atomic E-state index is 11.6. The number of thiocarbonyl (C=S) groups is 1. The minimum atomic E-state index is -3.37. The molecule has 4 heterocycles. The summed E-state index contributed by atoms with van der Waals surface area (Å²) in [7, 11) is -3.37. The van der Waals surface area contributed by atoms with Crippen LogP contribution in [0.4, 0.5) is 11.4 Å². The molecule has 178 valence electrons. The number of anilines is 2. The predicted molar refractivity (Wildman–Crippen MR) is 141 cm³/mol. The molecule has 1 saturated heterocycles. The molecule has 1 aliphatic rings. The Morgan fingerprint density at radius 2 is 1.77 bits per heavy atom. The Labute approximate surface area is 209 Å². The van der Waals surface area contributed by atoms with Gasteiger partial charge < -0.3 is 14.8 Å². The Hall–Kier alpha value is -3.76. The van der Waals surface area contributed by atoms with E-state index in [1.807, 2.05) is 48.7 Å². The highest BCUT2D eigenvalue weighted by Gasteiger charge is 2.42. The first-order chi connectivity index (χ1) is 16.8. The largest absolute Gasteiger partial charge is 0.351 e. The lowest BCUT2D eigenvalue weighted by molar-refractivity contribution is 0.548. The summed E-state index contributed by atoms with van der Waals surface area (Å²) in [5, 5.41) is 4.02. The Morgan fingerprint density at radius 3 is 2.43 bits per heavy atom. The maximum Gasteiger partial charge on any atom is 0.229 e. The van der Waals surface area contributed by atoms with Crippen LogP contribution in [0.5, 0.6) is 0 Å². The molecule has 1 fully saturated rings. The Bertz CT molecular complexity index is 1460. The van der Waals surface area contributed by atoms with Crippen molar-refractivity contribution in [2.24, 2.45) is 0 Å². The molecule has 0 radical (unpaired) electrons. The van der Waals surface area contributed by atoms with Crippen molar-refractivity contribution in [2.45, 2.75) is 19.0 Å². The van der Waals surface area contributed by atoms with Crippen LogP contribution in [0.3, 0.4) is 0 Å². The van der Waals surface area contributed by atoms with Gasteiger partial charge in [-0.2, -0.15) is 0 Å². The van der Waals surface area contributed by atoms with Gasteiger partial charge in [0.25, 0.3) is 0 Å². The summed E-state index contributed by atoms with van der Waals surface area (Å²) in [5.74, 6) is 0. The quantitative estimate of drug-likeness (QED) is 0.382. The molecule has 1 aliphatic heterocycles. The molecule has 1 aromatic carbocycles. The van der Waals surface area contributed by atoms with E-state index in [0.29, 0.717) is 10.8 Å². The van der Waals surface area contributed by atoms with Gasteiger partial charge in [-0.05, 0) is 79.8 Å². The number of hydrogen-bond donors (Lipinski definition) is 2. The van der Waals surface area contributed by atoms with E-state index in [4.69, 9.17) is 12.2 Å². The zero-order chi connectivity index (χ0) is 24.6. The number of rotatable bonds is 6. The Balaban J connectivity index is 1.63. The van der Waals surface area contributed by atoms with Crippen molar-refractivity contribution < 1.29 is 8.42 Å². The van der Waals surface area contributed by atoms with Crippen LogP contribution in [-0.2, 0) is 10.0 Å². The van der Waals surface area contributed by atoms with Crippen LogP contribution in [0, 0.1) is 6.92 Å². The summed E-state index contributed by atoms with van der Waals surface area (Å²) in [6, 6.07) is 20.7. The van der Waals surface area contributed by atoms with E-state index in [1.54, 1.807) is 24.5 Å². The fraction of sp³-hybridized carbons (Fsp3) is 0.160. The molecular formula is C25H24N6O2S2. The van der Waals surface area contributed by atoms with Gasteiger partial charge in [0.05, 0.1) is 29.9 Å². The molecule has 4 aromatic rings. The van der Waals surface area contributed by atoms with E-state index in [2.05, 4.69) is 48.5 Å². The summed E-state index contributed by atoms with van der Waals surface area (Å²) in [5.41, 5.74) is 5.24. The third-order valence-electron chi connectivity index (χ3n) is 5.86. The first-order valence-electron chi connectivity index (χ1n) is 11.0. The zero-order valence-electron chi connectivity index (χ0n) is 19.2. The summed E-state index contributed by atoms with van der Waals surface area (Å²) in [6.45, 7) is 2.06. The Morgan fingerprint density at radius 1 is 0.971 bits per heavy atom. The number of benzene rings is 1. The summed E-state index contributed by atoms with van der Waals surface area (Å²) < 4.78 is 28.0. The van der Waals surface area contributed by atoms with E-state index >= 15 is 0 Å². The van der Waals surface area contributed by atoms with Crippen molar-refractivity contribution >= 4 is 38.7 Å². The van der Waals surface area contributed by atoms with Gasteiger partial charge in [-0.15, -0.1) is 0 Å². The van der Waals surface area contributed by atoms with Gasteiger partial charge >= 0.3 is 0 Å². The van der Waals surface area contributed by atoms with Gasteiger partial charge in [-0.1, -0.05) is 6.07 Å². The van der Waals surface area contributed by atoms with Gasteiger partial charge in [0.15, 0.2) is 5.11 Å². The molecule has 0 aliphatic carbocycles. The van der Waals surface area contributed by atoms with Crippen LogP contribution in [-0.4, -0.2) is 34.3 Å². The van der Waals surface area contributed by atoms with Gasteiger partial charge in [-0.3, -0.25) is 14.7 Å². The number of aromatic nitrogens is 3. The van der Waals surface area contributed by atoms with Gasteiger partial charge in [0.2, 0.25) is 10.0 Å². The first kappa shape index (κ1) is 23.0. The monoisotopic (exact) mass is 504 g/mol. The number of sulfonamides is 1. The molecule has 10 heteroatoms. The number of pyridine rings is 2. The molecule has 0 amide bonds. The van der Waals surface area contributed by atoms with E-state index in [1.165, 1.54) is 0 Å². The lowest BCUT2D eigenvalue weighted by atomic mass is 10.0. The summed E-state index contributed by atoms with van der Waals surface area (Å²) in [6.07, 6.45) is 6.49. The minimum absolute atomic E-state index is 0.206. The van der Waals surface area contributed by atoms with Crippen molar-refractivity contribution in [1.82, 2.24) is 19.9 Å². The second-order valence-electron chi connectivity index (χ2n) is 8.36. The summed E-state index contributed by atoms with van der Waals surface area (Å²) in [4.78, 5) is 11.0. The SMILES string of the molecule is Cc1ccc([C@@H]2[C@@H](c3ccccn3)NC(=S)N2c2ccc(NS(C)(=O)=O)cc2)n1-c1cccnc1. The second kappa shape index (κ2) is 9.12. The zero-order valence-corrected chi connectivity index (χ0v) is 20.8. The molecule has 0 saturated carbocycles. The lowest BCUT2D eigenvalue weighted by Gasteiger charge is -2.29. The highest BCUT2D eigenvalue weighted by atomic mass is 32.2. The highest BCUT2D eigenvalue weighted by molar-refractivity contribution is 7.92. The molecule has 2 N–H and O–H groups in total. The normalized spacial score (nSPS) is 17.9. The van der Waals surface area contributed by atoms with Crippen molar-refractivity contribution in [3.8, 4) is 5.69 Å².